The van der Waals surface area contributed by atoms with Crippen molar-refractivity contribution in [2.45, 2.75) is 52.4 Å². The molecule has 5 heteroatoms. The molecule has 0 aromatic rings. The quantitative estimate of drug-likeness (QED) is 0.602. The Morgan fingerprint density at radius 1 is 1.25 bits per heavy atom. The molecule has 2 unspecified atom stereocenters. The Hall–Kier alpha value is -0.600. The van der Waals surface area contributed by atoms with E-state index in [-0.39, 0.29) is 23.4 Å². The maximum Gasteiger partial charge on any atom is 0.331 e. The summed E-state index contributed by atoms with van der Waals surface area (Å²) in [5.74, 6) is -0.630. The predicted molar refractivity (Wildman–Crippen MR) is 79.2 cm³/mol. The van der Waals surface area contributed by atoms with Crippen molar-refractivity contribution < 1.29 is 19.4 Å². The Kier molecular flexibility index (Phi) is 4.76. The van der Waals surface area contributed by atoms with E-state index in [4.69, 9.17) is 0 Å². The van der Waals surface area contributed by atoms with E-state index in [1.807, 2.05) is 0 Å². The first-order chi connectivity index (χ1) is 9.33. The molecule has 0 heterocycles. The molecule has 0 radical (unpaired) electrons. The second kappa shape index (κ2) is 6.03. The van der Waals surface area contributed by atoms with Crippen LogP contribution in [0.5, 0.6) is 0 Å². The van der Waals surface area contributed by atoms with Crippen LogP contribution in [0.25, 0.3) is 0 Å². The molecule has 2 N–H and O–H groups in total. The number of carboxylic acids is 1. The van der Waals surface area contributed by atoms with Gasteiger partial charge in [0.25, 0.3) is 0 Å². The van der Waals surface area contributed by atoms with Crippen molar-refractivity contribution in [3.63, 3.8) is 0 Å². The van der Waals surface area contributed by atoms with Crippen LogP contribution in [-0.4, -0.2) is 22.1 Å². The summed E-state index contributed by atoms with van der Waals surface area (Å²) in [6, 6.07) is 0. The SMILES string of the molecule is CC1(C)CC1C(C(=O)O)=C(C[PH](=O)O)C1CCCCC1. The first-order valence-electron chi connectivity index (χ1n) is 7.51. The van der Waals surface area contributed by atoms with Gasteiger partial charge in [0.05, 0.1) is 0 Å². The molecular formula is C15H25O4P. The second-order valence-electron chi connectivity index (χ2n) is 6.89. The van der Waals surface area contributed by atoms with Gasteiger partial charge < -0.3 is 10.00 Å². The molecule has 2 aliphatic carbocycles. The number of hydrogen-bond acceptors (Lipinski definition) is 2. The maximum atomic E-state index is 11.7. The van der Waals surface area contributed by atoms with Gasteiger partial charge in [-0.15, -0.1) is 0 Å². The lowest BCUT2D eigenvalue weighted by atomic mass is 9.81. The molecule has 114 valence electrons. The Morgan fingerprint density at radius 2 is 1.80 bits per heavy atom. The predicted octanol–water partition coefficient (Wildman–Crippen LogP) is 3.46. The third-order valence-electron chi connectivity index (χ3n) is 4.88. The highest BCUT2D eigenvalue weighted by molar-refractivity contribution is 7.38. The van der Waals surface area contributed by atoms with Crippen LogP contribution in [0.1, 0.15) is 52.4 Å². The zero-order chi connectivity index (χ0) is 14.9. The fourth-order valence-corrected chi connectivity index (χ4v) is 4.35. The van der Waals surface area contributed by atoms with Crippen molar-refractivity contribution in [3.8, 4) is 0 Å². The molecule has 20 heavy (non-hydrogen) atoms. The molecule has 0 aromatic heterocycles. The number of allylic oxidation sites excluding steroid dienone is 1. The Morgan fingerprint density at radius 3 is 2.20 bits per heavy atom. The van der Waals surface area contributed by atoms with E-state index in [0.717, 1.165) is 37.7 Å². The molecule has 0 spiro atoms. The van der Waals surface area contributed by atoms with Gasteiger partial charge in [0.2, 0.25) is 0 Å². The monoisotopic (exact) mass is 300 g/mol. The van der Waals surface area contributed by atoms with Crippen LogP contribution in [0.3, 0.4) is 0 Å². The molecule has 0 aliphatic heterocycles. The average Bonchev–Trinajstić information content (AvgIpc) is 2.97. The molecule has 4 nitrogen and oxygen atoms in total. The Labute approximate surface area is 121 Å². The lowest BCUT2D eigenvalue weighted by molar-refractivity contribution is -0.133. The van der Waals surface area contributed by atoms with E-state index in [1.54, 1.807) is 0 Å². The molecule has 0 saturated heterocycles. The first-order valence-corrected chi connectivity index (χ1v) is 9.07. The molecule has 2 saturated carbocycles. The van der Waals surface area contributed by atoms with Crippen LogP contribution in [0.2, 0.25) is 0 Å². The van der Waals surface area contributed by atoms with E-state index < -0.39 is 14.0 Å². The molecule has 2 atom stereocenters. The van der Waals surface area contributed by atoms with Gasteiger partial charge in [0.1, 0.15) is 0 Å². The lowest BCUT2D eigenvalue weighted by Gasteiger charge is -2.26. The van der Waals surface area contributed by atoms with Crippen molar-refractivity contribution in [2.75, 3.05) is 6.16 Å². The Balaban J connectivity index is 2.36. The highest BCUT2D eigenvalue weighted by Crippen LogP contribution is 2.57. The van der Waals surface area contributed by atoms with E-state index in [0.29, 0.717) is 5.57 Å². The van der Waals surface area contributed by atoms with Crippen molar-refractivity contribution in [2.24, 2.45) is 17.3 Å². The zero-order valence-electron chi connectivity index (χ0n) is 12.3. The zero-order valence-corrected chi connectivity index (χ0v) is 13.3. The fraction of sp³-hybridized carbons (Fsp3) is 0.800. The van der Waals surface area contributed by atoms with Gasteiger partial charge in [-0.3, -0.25) is 4.57 Å². The lowest BCUT2D eigenvalue weighted by Crippen LogP contribution is -2.19. The minimum atomic E-state index is -2.67. The van der Waals surface area contributed by atoms with Crippen molar-refractivity contribution in [1.82, 2.24) is 0 Å². The second-order valence-corrected chi connectivity index (χ2v) is 8.04. The highest BCUT2D eigenvalue weighted by Gasteiger charge is 2.51. The van der Waals surface area contributed by atoms with Crippen LogP contribution in [0, 0.1) is 17.3 Å². The van der Waals surface area contributed by atoms with Gasteiger partial charge in [-0.25, -0.2) is 4.79 Å². The van der Waals surface area contributed by atoms with Gasteiger partial charge >= 0.3 is 5.97 Å². The van der Waals surface area contributed by atoms with Crippen LogP contribution >= 0.6 is 8.03 Å². The van der Waals surface area contributed by atoms with Gasteiger partial charge in [-0.2, -0.15) is 0 Å². The van der Waals surface area contributed by atoms with Crippen molar-refractivity contribution in [1.29, 1.82) is 0 Å². The summed E-state index contributed by atoms with van der Waals surface area (Å²) in [6.45, 7) is 4.14. The van der Waals surface area contributed by atoms with Gasteiger partial charge in [0.15, 0.2) is 8.03 Å². The average molecular weight is 300 g/mol. The number of carboxylic acid groups (broad SMARTS) is 1. The van der Waals surface area contributed by atoms with Crippen molar-refractivity contribution >= 4 is 14.0 Å². The summed E-state index contributed by atoms with van der Waals surface area (Å²) >= 11 is 0. The molecule has 2 aliphatic rings. The summed E-state index contributed by atoms with van der Waals surface area (Å²) in [5.41, 5.74) is 1.26. The van der Waals surface area contributed by atoms with E-state index in [2.05, 4.69) is 13.8 Å². The largest absolute Gasteiger partial charge is 0.478 e. The number of rotatable bonds is 5. The molecule has 0 amide bonds. The minimum Gasteiger partial charge on any atom is -0.478 e. The summed E-state index contributed by atoms with van der Waals surface area (Å²) in [6.07, 6.45) is 6.27. The van der Waals surface area contributed by atoms with Crippen LogP contribution < -0.4 is 0 Å². The van der Waals surface area contributed by atoms with E-state index in [1.165, 1.54) is 6.42 Å². The summed E-state index contributed by atoms with van der Waals surface area (Å²) < 4.78 is 11.3. The van der Waals surface area contributed by atoms with Crippen LogP contribution in [0.4, 0.5) is 0 Å². The Bertz CT molecular complexity index is 447. The number of aliphatic carboxylic acids is 1. The normalized spacial score (nSPS) is 28.6. The summed E-state index contributed by atoms with van der Waals surface area (Å²) in [7, 11) is -2.67. The molecule has 0 aromatic carbocycles. The standard InChI is InChI=1S/C15H25O4P/c1-15(2)8-12(15)13(14(16)17)11(9-20(18)19)10-6-4-3-5-7-10/h10,12,20H,3-9H2,1-2H3,(H,16,17)(H,18,19). The summed E-state index contributed by atoms with van der Waals surface area (Å²) in [4.78, 5) is 21.0. The fourth-order valence-electron chi connectivity index (χ4n) is 3.54. The maximum absolute atomic E-state index is 11.7. The summed E-state index contributed by atoms with van der Waals surface area (Å²) in [5, 5.41) is 9.60. The van der Waals surface area contributed by atoms with Crippen LogP contribution in [0.15, 0.2) is 11.1 Å². The van der Waals surface area contributed by atoms with Gasteiger partial charge in [-0.05, 0) is 42.1 Å². The minimum absolute atomic E-state index is 0.0267. The van der Waals surface area contributed by atoms with Gasteiger partial charge in [-0.1, -0.05) is 33.1 Å². The number of hydrogen-bond donors (Lipinski definition) is 2. The molecule has 0 bridgehead atoms. The topological polar surface area (TPSA) is 74.6 Å². The number of carbonyl (C=O) groups is 1. The molecular weight excluding hydrogens is 275 g/mol. The molecule has 2 rings (SSSR count). The van der Waals surface area contributed by atoms with Crippen molar-refractivity contribution in [3.05, 3.63) is 11.1 Å². The first kappa shape index (κ1) is 15.8. The third kappa shape index (κ3) is 3.53. The van der Waals surface area contributed by atoms with Crippen LogP contribution in [-0.2, 0) is 9.36 Å². The molecule has 2 fully saturated rings. The highest BCUT2D eigenvalue weighted by atomic mass is 31.1. The smallest absolute Gasteiger partial charge is 0.331 e. The van der Waals surface area contributed by atoms with Gasteiger partial charge in [0, 0.05) is 11.7 Å². The van der Waals surface area contributed by atoms with E-state index >= 15 is 0 Å². The van der Waals surface area contributed by atoms with E-state index in [9.17, 15) is 19.4 Å². The third-order valence-corrected chi connectivity index (χ3v) is 5.56.